The van der Waals surface area contributed by atoms with E-state index in [0.29, 0.717) is 59.3 Å². The van der Waals surface area contributed by atoms with Crippen molar-refractivity contribution in [2.45, 2.75) is 55.3 Å². The molecule has 2 aromatic heterocycles. The van der Waals surface area contributed by atoms with Gasteiger partial charge in [-0.3, -0.25) is 5.32 Å². The largest absolute Gasteiger partial charge is 0.497 e. The molecule has 12 nitrogen and oxygen atoms in total. The summed E-state index contributed by atoms with van der Waals surface area (Å²) in [6.45, 7) is 7.61. The van der Waals surface area contributed by atoms with Crippen molar-refractivity contribution in [3.05, 3.63) is 120 Å². The lowest BCUT2D eigenvalue weighted by Crippen LogP contribution is -2.21. The van der Waals surface area contributed by atoms with E-state index < -0.39 is 23.0 Å². The molecule has 0 atom stereocenters. The zero-order valence-corrected chi connectivity index (χ0v) is 33.0. The van der Waals surface area contributed by atoms with E-state index >= 15 is 0 Å². The van der Waals surface area contributed by atoms with Gasteiger partial charge in [-0.1, -0.05) is 50.2 Å². The minimum Gasteiger partial charge on any atom is -0.497 e. The van der Waals surface area contributed by atoms with Crippen LogP contribution < -0.4 is 20.1 Å². The predicted molar refractivity (Wildman–Crippen MR) is 216 cm³/mol. The number of benzene rings is 4. The summed E-state index contributed by atoms with van der Waals surface area (Å²) >= 11 is 0. The molecule has 0 spiro atoms. The number of hydrogen-bond donors (Lipinski definition) is 2. The lowest BCUT2D eigenvalue weighted by atomic mass is 10.1. The van der Waals surface area contributed by atoms with Crippen LogP contribution in [0.4, 0.5) is 16.3 Å². The summed E-state index contributed by atoms with van der Waals surface area (Å²) in [5, 5.41) is 11.9. The number of rotatable bonds is 13. The molecule has 1 aliphatic carbocycles. The topological polar surface area (TPSA) is 154 Å². The second kappa shape index (κ2) is 15.3. The Labute approximate surface area is 320 Å². The zero-order chi connectivity index (χ0) is 38.9. The van der Waals surface area contributed by atoms with E-state index in [4.69, 9.17) is 14.6 Å². The third-order valence-corrected chi connectivity index (χ3v) is 12.5. The van der Waals surface area contributed by atoms with Crippen molar-refractivity contribution in [2.75, 3.05) is 31.1 Å². The molecule has 0 unspecified atom stereocenters. The highest BCUT2D eigenvalue weighted by atomic mass is 32.2. The maximum Gasteiger partial charge on any atom is 0.324 e. The minimum absolute atomic E-state index is 0.118. The van der Waals surface area contributed by atoms with Gasteiger partial charge in [0.2, 0.25) is 5.88 Å². The first kappa shape index (κ1) is 37.8. The number of nitrogens with one attached hydrogen (secondary N) is 2. The molecule has 1 saturated carbocycles. The van der Waals surface area contributed by atoms with Gasteiger partial charge in [-0.15, -0.1) is 0 Å². The fraction of sp³-hybridized carbons (Fsp3) is 0.268. The fourth-order valence-corrected chi connectivity index (χ4v) is 9.15. The van der Waals surface area contributed by atoms with Crippen molar-refractivity contribution in [2.24, 2.45) is 0 Å². The highest BCUT2D eigenvalue weighted by Crippen LogP contribution is 2.41. The van der Waals surface area contributed by atoms with Gasteiger partial charge >= 0.3 is 6.03 Å². The minimum atomic E-state index is -3.42. The van der Waals surface area contributed by atoms with Crippen LogP contribution in [0, 0.1) is 0 Å². The Hall–Kier alpha value is -5.52. The third-order valence-electron chi connectivity index (χ3n) is 9.14. The average Bonchev–Trinajstić information content (AvgIpc) is 3.93. The maximum atomic E-state index is 13.6. The molecule has 1 aliphatic rings. The molecule has 14 heteroatoms. The summed E-state index contributed by atoms with van der Waals surface area (Å²) in [4.78, 5) is 22.9. The van der Waals surface area contributed by atoms with Crippen LogP contribution in [0.2, 0.25) is 0 Å². The van der Waals surface area contributed by atoms with E-state index in [1.807, 2.05) is 68.4 Å². The van der Waals surface area contributed by atoms with Crippen molar-refractivity contribution in [3.8, 4) is 23.1 Å². The summed E-state index contributed by atoms with van der Waals surface area (Å²) < 4.78 is 51.9. The normalized spacial score (nSPS) is 13.2. The van der Waals surface area contributed by atoms with E-state index in [1.165, 1.54) is 7.11 Å². The third kappa shape index (κ3) is 8.90. The second-order valence-corrected chi connectivity index (χ2v) is 20.2. The van der Waals surface area contributed by atoms with Crippen LogP contribution in [0.3, 0.4) is 0 Å². The first-order chi connectivity index (χ1) is 26.3. The lowest BCUT2D eigenvalue weighted by molar-refractivity contribution is 0.262. The lowest BCUT2D eigenvalue weighted by Gasteiger charge is -2.15. The predicted octanol–water partition coefficient (Wildman–Crippen LogP) is 9.03. The number of ether oxygens (including phenoxy) is 2. The van der Waals surface area contributed by atoms with Gasteiger partial charge in [-0.25, -0.2) is 22.9 Å². The summed E-state index contributed by atoms with van der Waals surface area (Å²) in [7, 11) is -4.21. The number of nitrogens with zero attached hydrogens (tertiary/aromatic N) is 4. The van der Waals surface area contributed by atoms with Crippen LogP contribution in [-0.2, 0) is 27.0 Å². The monoisotopic (exact) mass is 778 g/mol. The quantitative estimate of drug-likeness (QED) is 0.109. The van der Waals surface area contributed by atoms with Crippen LogP contribution in [0.25, 0.3) is 16.5 Å². The number of urea groups is 1. The van der Waals surface area contributed by atoms with E-state index in [9.17, 15) is 17.8 Å². The molecule has 2 N–H and O–H groups in total. The second-order valence-electron chi connectivity index (χ2n) is 14.5. The van der Waals surface area contributed by atoms with Gasteiger partial charge in [0.1, 0.15) is 23.1 Å². The molecule has 2 heterocycles. The van der Waals surface area contributed by atoms with Gasteiger partial charge in [0.15, 0.2) is 9.84 Å². The number of aromatic nitrogens is 4. The fourth-order valence-electron chi connectivity index (χ4n) is 6.34. The van der Waals surface area contributed by atoms with E-state index in [2.05, 4.69) is 20.6 Å². The van der Waals surface area contributed by atoms with Gasteiger partial charge in [0, 0.05) is 41.7 Å². The van der Waals surface area contributed by atoms with Gasteiger partial charge in [-0.05, 0) is 85.7 Å². The first-order valence-corrected chi connectivity index (χ1v) is 22.3. The van der Waals surface area contributed by atoms with Crippen LogP contribution in [0.15, 0.2) is 102 Å². The Morgan fingerprint density at radius 1 is 0.927 bits per heavy atom. The Balaban J connectivity index is 1.10. The molecule has 0 saturated heterocycles. The molecule has 2 amide bonds. The van der Waals surface area contributed by atoms with Gasteiger partial charge in [0.25, 0.3) is 0 Å². The first-order valence-electron chi connectivity index (χ1n) is 18.0. The van der Waals surface area contributed by atoms with Crippen molar-refractivity contribution in [1.29, 1.82) is 0 Å². The highest BCUT2D eigenvalue weighted by Gasteiger charge is 2.37. The van der Waals surface area contributed by atoms with E-state index in [-0.39, 0.29) is 22.5 Å². The number of amides is 2. The summed E-state index contributed by atoms with van der Waals surface area (Å²) in [5.41, 5.74) is 3.77. The molecule has 55 heavy (non-hydrogen) atoms. The molecular weight excluding hydrogens is 736 g/mol. The van der Waals surface area contributed by atoms with Crippen molar-refractivity contribution >= 4 is 45.3 Å². The number of fused-ring (bicyclic) bond motifs is 1. The number of carbonyl (C=O) groups excluding carboxylic acids is 1. The SMILES string of the molecule is COc1cc(Cc2nccc(Oc3ccc(NC(=O)Nc4cc(C(C)C)nn4-c4cccc(CP(C)(C)=O)c4)c4ccccc34)n2)cc(S(=O)(=O)C2CC2)c1. The summed E-state index contributed by atoms with van der Waals surface area (Å²) in [6, 6.07) is 26.9. The summed E-state index contributed by atoms with van der Waals surface area (Å²) in [6.07, 6.45) is 3.67. The number of sulfone groups is 1. The van der Waals surface area contributed by atoms with E-state index in [0.717, 1.165) is 27.7 Å². The van der Waals surface area contributed by atoms with E-state index in [1.54, 1.807) is 60.6 Å². The number of methoxy groups -OCH3 is 1. The molecule has 0 bridgehead atoms. The standard InChI is InChI=1S/C41H43N6O6PS/c1-26(2)36-24-39(47(46-36)29-10-8-9-27(19-29)25-54(4,5)49)45-41(48)43-35-15-16-37(34-12-7-6-11-33(34)35)53-40-17-18-42-38(44-40)22-28-20-30(52-3)23-32(21-28)55(50,51)31-13-14-31/h6-12,15-21,23-24,26,31H,13-14,22,25H2,1-5H3,(H2,43,45,48). The maximum absolute atomic E-state index is 13.6. The van der Waals surface area contributed by atoms with Gasteiger partial charge in [0.05, 0.1) is 41.5 Å². The molecule has 0 radical (unpaired) electrons. The summed E-state index contributed by atoms with van der Waals surface area (Å²) in [5.74, 6) is 2.34. The number of anilines is 2. The Morgan fingerprint density at radius 2 is 1.71 bits per heavy atom. The molecule has 7 rings (SSSR count). The Bertz CT molecular complexity index is 2560. The molecule has 1 fully saturated rings. The molecule has 284 valence electrons. The highest BCUT2D eigenvalue weighted by molar-refractivity contribution is 7.92. The van der Waals surface area contributed by atoms with Crippen LogP contribution >= 0.6 is 7.14 Å². The Kier molecular flexibility index (Phi) is 10.5. The molecule has 4 aromatic carbocycles. The van der Waals surface area contributed by atoms with Crippen molar-refractivity contribution in [3.63, 3.8) is 0 Å². The molecular formula is C41H43N6O6PS. The average molecular weight is 779 g/mol. The smallest absolute Gasteiger partial charge is 0.324 e. The van der Waals surface area contributed by atoms with Crippen LogP contribution in [-0.4, -0.2) is 59.9 Å². The van der Waals surface area contributed by atoms with Gasteiger partial charge < -0.3 is 19.4 Å². The van der Waals surface area contributed by atoms with Crippen molar-refractivity contribution in [1.82, 2.24) is 19.7 Å². The van der Waals surface area contributed by atoms with Gasteiger partial charge in [-0.2, -0.15) is 10.1 Å². The number of hydrogen-bond acceptors (Lipinski definition) is 9. The Morgan fingerprint density at radius 3 is 2.44 bits per heavy atom. The van der Waals surface area contributed by atoms with Crippen LogP contribution in [0.1, 0.15) is 55.3 Å². The zero-order valence-electron chi connectivity index (χ0n) is 31.3. The number of carbonyl (C=O) groups is 1. The van der Waals surface area contributed by atoms with Crippen molar-refractivity contribution < 1.29 is 27.3 Å². The molecule has 0 aliphatic heterocycles. The molecule has 6 aromatic rings. The van der Waals surface area contributed by atoms with Crippen LogP contribution in [0.5, 0.6) is 17.4 Å².